The number of anilines is 2. The van der Waals surface area contributed by atoms with E-state index in [9.17, 15) is 19.5 Å². The first-order valence-electron chi connectivity index (χ1n) is 13.5. The van der Waals surface area contributed by atoms with Crippen LogP contribution in [0.15, 0.2) is 42.5 Å². The molecule has 3 aliphatic rings. The molecular formula is C30H33Cl2F2N3O4. The number of amides is 2. The molecular weight excluding hydrogens is 575 g/mol. The van der Waals surface area contributed by atoms with E-state index in [2.05, 4.69) is 5.32 Å². The molecule has 0 bridgehead atoms. The standard InChI is InChI=1S/C30H33Cl2F2N3O4/c1-27(2,3)28(4,5)14-36(17-9-7-6-8-10-17)24(38)21-20-13-29(33,34)15-37(20)30(22(21)25(39)40)18-11-16(31)12-19(32)23(18)35-26(30)41/h6-12,20-22H,13-15H2,1-5H3,(H,35,41)(H,39,40)/t20-,21+,22-,30+/m1/s1. The highest BCUT2D eigenvalue weighted by molar-refractivity contribution is 6.38. The Balaban J connectivity index is 1.72. The second-order valence-corrected chi connectivity index (χ2v) is 13.9. The summed E-state index contributed by atoms with van der Waals surface area (Å²) in [4.78, 5) is 44.5. The number of carbonyl (C=O) groups excluding carboxylic acids is 2. The fraction of sp³-hybridized carbons (Fsp3) is 0.500. The average Bonchev–Trinajstić information content (AvgIpc) is 3.43. The molecule has 0 aliphatic carbocycles. The van der Waals surface area contributed by atoms with E-state index in [1.54, 1.807) is 30.3 Å². The van der Waals surface area contributed by atoms with Gasteiger partial charge in [-0.1, -0.05) is 76.0 Å². The zero-order valence-corrected chi connectivity index (χ0v) is 25.0. The Bertz CT molecular complexity index is 1430. The Morgan fingerprint density at radius 1 is 1.12 bits per heavy atom. The van der Waals surface area contributed by atoms with Crippen molar-refractivity contribution in [1.82, 2.24) is 4.90 Å². The topological polar surface area (TPSA) is 90.0 Å². The number of nitrogens with one attached hydrogen (secondary N) is 1. The molecule has 3 aliphatic heterocycles. The molecule has 2 aromatic rings. The Labute approximate surface area is 247 Å². The maximum Gasteiger partial charge on any atom is 0.310 e. The summed E-state index contributed by atoms with van der Waals surface area (Å²) in [5, 5.41) is 13.5. The molecule has 2 amide bonds. The van der Waals surface area contributed by atoms with Crippen molar-refractivity contribution in [3.05, 3.63) is 58.1 Å². The number of benzene rings is 2. The highest BCUT2D eigenvalue weighted by atomic mass is 35.5. The van der Waals surface area contributed by atoms with Crippen LogP contribution in [0.25, 0.3) is 0 Å². The Kier molecular flexibility index (Phi) is 6.99. The van der Waals surface area contributed by atoms with Gasteiger partial charge in [0, 0.05) is 35.3 Å². The number of para-hydroxylation sites is 1. The van der Waals surface area contributed by atoms with Gasteiger partial charge in [0.05, 0.1) is 23.2 Å². The van der Waals surface area contributed by atoms with E-state index in [1.165, 1.54) is 21.9 Å². The zero-order valence-electron chi connectivity index (χ0n) is 23.5. The quantitative estimate of drug-likeness (QED) is 0.417. The van der Waals surface area contributed by atoms with E-state index in [0.717, 1.165) is 0 Å². The number of carboxylic acid groups (broad SMARTS) is 1. The smallest absolute Gasteiger partial charge is 0.310 e. The van der Waals surface area contributed by atoms with Crippen LogP contribution in [0.4, 0.5) is 20.2 Å². The number of nitrogens with zero attached hydrogens (tertiary/aromatic N) is 2. The monoisotopic (exact) mass is 607 g/mol. The van der Waals surface area contributed by atoms with Gasteiger partial charge in [0.15, 0.2) is 0 Å². The van der Waals surface area contributed by atoms with Crippen LogP contribution in [-0.2, 0) is 19.9 Å². The molecule has 0 unspecified atom stereocenters. The summed E-state index contributed by atoms with van der Waals surface area (Å²) in [5.74, 6) is -9.29. The molecule has 4 atom stereocenters. The third kappa shape index (κ3) is 4.51. The number of fused-ring (bicyclic) bond motifs is 4. The van der Waals surface area contributed by atoms with E-state index in [1.807, 2.05) is 34.6 Å². The molecule has 1 spiro atoms. The molecule has 2 aromatic carbocycles. The zero-order chi connectivity index (χ0) is 30.3. The summed E-state index contributed by atoms with van der Waals surface area (Å²) in [5.41, 5.74) is -2.13. The van der Waals surface area contributed by atoms with E-state index < -0.39 is 65.5 Å². The van der Waals surface area contributed by atoms with Crippen molar-refractivity contribution >= 4 is 52.4 Å². The van der Waals surface area contributed by atoms with Crippen LogP contribution < -0.4 is 10.2 Å². The van der Waals surface area contributed by atoms with Gasteiger partial charge >= 0.3 is 5.97 Å². The molecule has 2 N–H and O–H groups in total. The van der Waals surface area contributed by atoms with Crippen LogP contribution in [0.1, 0.15) is 46.6 Å². The summed E-state index contributed by atoms with van der Waals surface area (Å²) < 4.78 is 30.4. The molecule has 0 aromatic heterocycles. The van der Waals surface area contributed by atoms with E-state index in [4.69, 9.17) is 23.2 Å². The number of hydrogen-bond donors (Lipinski definition) is 2. The first kappa shape index (κ1) is 29.7. The van der Waals surface area contributed by atoms with Crippen LogP contribution in [0.2, 0.25) is 10.0 Å². The second-order valence-electron chi connectivity index (χ2n) is 13.0. The van der Waals surface area contributed by atoms with Crippen LogP contribution in [0.3, 0.4) is 0 Å². The third-order valence-corrected chi connectivity index (χ3v) is 10.0. The largest absolute Gasteiger partial charge is 0.481 e. The summed E-state index contributed by atoms with van der Waals surface area (Å²) in [6.45, 7) is 9.43. The van der Waals surface area contributed by atoms with Crippen LogP contribution in [-0.4, -0.2) is 52.8 Å². The van der Waals surface area contributed by atoms with Crippen LogP contribution in [0, 0.1) is 22.7 Å². The van der Waals surface area contributed by atoms with Crippen molar-refractivity contribution in [2.45, 2.75) is 58.5 Å². The lowest BCUT2D eigenvalue weighted by Crippen LogP contribution is -2.55. The summed E-state index contributed by atoms with van der Waals surface area (Å²) in [6.07, 6.45) is -0.767. The number of halogens is 4. The minimum Gasteiger partial charge on any atom is -0.481 e. The lowest BCUT2D eigenvalue weighted by atomic mass is 9.68. The van der Waals surface area contributed by atoms with Gasteiger partial charge in [-0.3, -0.25) is 19.3 Å². The lowest BCUT2D eigenvalue weighted by molar-refractivity contribution is -0.153. The Morgan fingerprint density at radius 3 is 2.34 bits per heavy atom. The SMILES string of the molecule is CC(C)(C)C(C)(C)CN(C(=O)[C@H]1[C@H]2CC(F)(F)CN2[C@]2(C(=O)Nc3c(Cl)cc(Cl)cc32)[C@H]1C(=O)O)c1ccccc1. The van der Waals surface area contributed by atoms with Gasteiger partial charge < -0.3 is 15.3 Å². The Morgan fingerprint density at radius 2 is 1.76 bits per heavy atom. The van der Waals surface area contributed by atoms with Gasteiger partial charge in [-0.05, 0) is 35.1 Å². The molecule has 3 heterocycles. The molecule has 41 heavy (non-hydrogen) atoms. The fourth-order valence-electron chi connectivity index (χ4n) is 6.50. The highest BCUT2D eigenvalue weighted by Gasteiger charge is 2.75. The average molecular weight is 609 g/mol. The van der Waals surface area contributed by atoms with Gasteiger partial charge in [0.1, 0.15) is 11.5 Å². The highest BCUT2D eigenvalue weighted by Crippen LogP contribution is 2.61. The number of aliphatic carboxylic acids is 1. The van der Waals surface area contributed by atoms with Gasteiger partial charge in [-0.15, -0.1) is 0 Å². The van der Waals surface area contributed by atoms with Crippen LogP contribution in [0.5, 0.6) is 0 Å². The summed E-state index contributed by atoms with van der Waals surface area (Å²) in [6, 6.07) is 10.3. The normalized spacial score (nSPS) is 27.0. The Hall–Kier alpha value is -2.75. The molecule has 11 heteroatoms. The minimum atomic E-state index is -3.26. The molecule has 5 rings (SSSR count). The van der Waals surface area contributed by atoms with Gasteiger partial charge in [-0.2, -0.15) is 0 Å². The first-order valence-corrected chi connectivity index (χ1v) is 14.2. The summed E-state index contributed by atoms with van der Waals surface area (Å²) in [7, 11) is 0. The van der Waals surface area contributed by atoms with Crippen LogP contribution >= 0.6 is 23.2 Å². The van der Waals surface area contributed by atoms with Gasteiger partial charge in [-0.25, -0.2) is 8.78 Å². The van der Waals surface area contributed by atoms with Gasteiger partial charge in [0.2, 0.25) is 5.91 Å². The number of rotatable bonds is 5. The summed E-state index contributed by atoms with van der Waals surface area (Å²) >= 11 is 12.7. The second kappa shape index (κ2) is 9.64. The lowest BCUT2D eigenvalue weighted by Gasteiger charge is -2.43. The van der Waals surface area contributed by atoms with E-state index in [0.29, 0.717) is 5.69 Å². The van der Waals surface area contributed by atoms with E-state index >= 15 is 8.78 Å². The van der Waals surface area contributed by atoms with E-state index in [-0.39, 0.29) is 33.3 Å². The molecule has 2 fully saturated rings. The number of carboxylic acids is 1. The number of carbonyl (C=O) groups is 3. The maximum absolute atomic E-state index is 15.2. The molecule has 220 valence electrons. The predicted octanol–water partition coefficient (Wildman–Crippen LogP) is 6.29. The molecule has 2 saturated heterocycles. The van der Waals surface area contributed by atoms with Gasteiger partial charge in [0.25, 0.3) is 11.8 Å². The minimum absolute atomic E-state index is 0.0528. The number of hydrogen-bond acceptors (Lipinski definition) is 4. The fourth-order valence-corrected chi connectivity index (χ4v) is 7.04. The number of alkyl halides is 2. The first-order chi connectivity index (χ1) is 18.9. The predicted molar refractivity (Wildman–Crippen MR) is 153 cm³/mol. The van der Waals surface area contributed by atoms with Crippen molar-refractivity contribution in [1.29, 1.82) is 0 Å². The van der Waals surface area contributed by atoms with Crippen molar-refractivity contribution in [2.75, 3.05) is 23.3 Å². The molecule has 0 radical (unpaired) electrons. The van der Waals surface area contributed by atoms with Crippen molar-refractivity contribution in [3.8, 4) is 0 Å². The molecule has 7 nitrogen and oxygen atoms in total. The van der Waals surface area contributed by atoms with Crippen molar-refractivity contribution in [2.24, 2.45) is 22.7 Å². The third-order valence-electron chi connectivity index (χ3n) is 9.51. The van der Waals surface area contributed by atoms with Crippen molar-refractivity contribution < 1.29 is 28.3 Å². The molecule has 0 saturated carbocycles. The van der Waals surface area contributed by atoms with Crippen molar-refractivity contribution in [3.63, 3.8) is 0 Å². The maximum atomic E-state index is 15.2.